The van der Waals surface area contributed by atoms with Gasteiger partial charge < -0.3 is 19.7 Å². The molecule has 0 bridgehead atoms. The maximum absolute atomic E-state index is 13.1. The quantitative estimate of drug-likeness (QED) is 0.638. The number of ether oxygens (including phenoxy) is 2. The van der Waals surface area contributed by atoms with Crippen LogP contribution in [0.25, 0.3) is 6.08 Å². The van der Waals surface area contributed by atoms with E-state index in [0.717, 1.165) is 0 Å². The summed E-state index contributed by atoms with van der Waals surface area (Å²) in [5.74, 6) is -1.35. The minimum absolute atomic E-state index is 0.0184. The molecule has 0 radical (unpaired) electrons. The average Bonchev–Trinajstić information content (AvgIpc) is 2.68. The largest absolute Gasteiger partial charge is 0.507 e. The van der Waals surface area contributed by atoms with Crippen molar-refractivity contribution in [3.63, 3.8) is 0 Å². The van der Waals surface area contributed by atoms with Crippen LogP contribution in [0.3, 0.4) is 0 Å². The molecule has 2 aromatic rings. The third-order valence-electron chi connectivity index (χ3n) is 4.79. The first kappa shape index (κ1) is 20.3. The number of Topliss-reactive ketones (excluding diaryl/α,β-unsaturated/α-hetero) is 1. The van der Waals surface area contributed by atoms with Gasteiger partial charge >= 0.3 is 0 Å². The maximum atomic E-state index is 13.1. The molecule has 0 saturated carbocycles. The van der Waals surface area contributed by atoms with Crippen molar-refractivity contribution in [3.05, 3.63) is 57.7 Å². The minimum atomic E-state index is -1.01. The summed E-state index contributed by atoms with van der Waals surface area (Å²) in [5, 5.41) is 20.1. The Bertz CT molecular complexity index is 1080. The average molecular weight is 396 g/mol. The fraction of sp³-hybridized carbons (Fsp3) is 0.227. The molecule has 0 saturated heterocycles. The second kappa shape index (κ2) is 7.52. The van der Waals surface area contributed by atoms with Crippen molar-refractivity contribution in [2.45, 2.75) is 20.0 Å². The van der Waals surface area contributed by atoms with Gasteiger partial charge in [0.25, 0.3) is 0 Å². The van der Waals surface area contributed by atoms with Gasteiger partial charge in [0.2, 0.25) is 5.78 Å². The number of carbonyl (C=O) groups excluding carboxylic acids is 3. The van der Waals surface area contributed by atoms with Crippen molar-refractivity contribution in [1.29, 1.82) is 0 Å². The first-order valence-corrected chi connectivity index (χ1v) is 8.82. The molecule has 7 heteroatoms. The van der Waals surface area contributed by atoms with Crippen LogP contribution < -0.4 is 9.47 Å². The standard InChI is InChI=1S/C22H20O7/c1-10(23)14(11(2)24)5-12-6-15-20(18(7-12)29-4)22(27)19-16(21(15)26)8-13(28-3)9-17(19)25/h5-10,23,25H,1-4H3. The van der Waals surface area contributed by atoms with Crippen molar-refractivity contribution in [1.82, 2.24) is 0 Å². The van der Waals surface area contributed by atoms with Gasteiger partial charge in [-0.25, -0.2) is 0 Å². The van der Waals surface area contributed by atoms with Crippen LogP contribution in [0.5, 0.6) is 17.2 Å². The lowest BCUT2D eigenvalue weighted by Crippen LogP contribution is -2.22. The first-order valence-electron chi connectivity index (χ1n) is 8.82. The van der Waals surface area contributed by atoms with Crippen LogP contribution in [-0.2, 0) is 4.79 Å². The van der Waals surface area contributed by atoms with E-state index in [0.29, 0.717) is 5.56 Å². The Morgan fingerprint density at radius 3 is 2.21 bits per heavy atom. The number of ketones is 3. The first-order chi connectivity index (χ1) is 13.7. The lowest BCUT2D eigenvalue weighted by Gasteiger charge is -2.22. The van der Waals surface area contributed by atoms with Crippen LogP contribution in [0, 0.1) is 0 Å². The van der Waals surface area contributed by atoms with Crippen molar-refractivity contribution in [2.75, 3.05) is 14.2 Å². The van der Waals surface area contributed by atoms with E-state index in [4.69, 9.17) is 9.47 Å². The van der Waals surface area contributed by atoms with Crippen molar-refractivity contribution < 1.29 is 34.1 Å². The van der Waals surface area contributed by atoms with Gasteiger partial charge in [-0.05, 0) is 43.7 Å². The van der Waals surface area contributed by atoms with E-state index in [9.17, 15) is 24.6 Å². The summed E-state index contributed by atoms with van der Waals surface area (Å²) in [5.41, 5.74) is 0.589. The van der Waals surface area contributed by atoms with E-state index in [-0.39, 0.29) is 50.9 Å². The van der Waals surface area contributed by atoms with Crippen molar-refractivity contribution in [3.8, 4) is 17.2 Å². The number of phenols is 1. The molecular formula is C22H20O7. The molecule has 7 nitrogen and oxygen atoms in total. The van der Waals surface area contributed by atoms with E-state index in [2.05, 4.69) is 0 Å². The molecule has 0 fully saturated rings. The van der Waals surface area contributed by atoms with Crippen LogP contribution >= 0.6 is 0 Å². The summed E-state index contributed by atoms with van der Waals surface area (Å²) < 4.78 is 10.4. The Morgan fingerprint density at radius 2 is 1.66 bits per heavy atom. The molecule has 0 spiro atoms. The number of fused-ring (bicyclic) bond motifs is 2. The highest BCUT2D eigenvalue weighted by molar-refractivity contribution is 6.30. The molecular weight excluding hydrogens is 376 g/mol. The normalized spacial score (nSPS) is 14.2. The molecule has 3 rings (SSSR count). The number of hydrogen-bond donors (Lipinski definition) is 2. The lowest BCUT2D eigenvalue weighted by atomic mass is 9.82. The molecule has 0 amide bonds. The third-order valence-corrected chi connectivity index (χ3v) is 4.79. The van der Waals surface area contributed by atoms with Gasteiger partial charge in [-0.1, -0.05) is 0 Å². The van der Waals surface area contributed by atoms with Gasteiger partial charge in [0.15, 0.2) is 11.6 Å². The minimum Gasteiger partial charge on any atom is -0.507 e. The van der Waals surface area contributed by atoms with Gasteiger partial charge in [-0.15, -0.1) is 0 Å². The predicted octanol–water partition coefficient (Wildman–Crippen LogP) is 2.54. The number of benzene rings is 2. The molecule has 1 unspecified atom stereocenters. The van der Waals surface area contributed by atoms with Crippen LogP contribution in [0.2, 0.25) is 0 Å². The molecule has 150 valence electrons. The zero-order valence-electron chi connectivity index (χ0n) is 16.4. The van der Waals surface area contributed by atoms with Gasteiger partial charge in [0, 0.05) is 22.8 Å². The fourth-order valence-electron chi connectivity index (χ4n) is 3.40. The fourth-order valence-corrected chi connectivity index (χ4v) is 3.40. The Morgan fingerprint density at radius 1 is 1.00 bits per heavy atom. The SMILES string of the molecule is COc1cc(O)c2c(c1)C(=O)c1cc(C=C(C(C)=O)C(C)O)cc(OC)c1C2=O. The summed E-state index contributed by atoms with van der Waals surface area (Å²) in [7, 11) is 2.74. The number of aromatic hydroxyl groups is 1. The predicted molar refractivity (Wildman–Crippen MR) is 105 cm³/mol. The summed E-state index contributed by atoms with van der Waals surface area (Å²) in [4.78, 5) is 38.0. The number of rotatable bonds is 5. The van der Waals surface area contributed by atoms with Crippen molar-refractivity contribution >= 4 is 23.4 Å². The van der Waals surface area contributed by atoms with Gasteiger partial charge in [-0.3, -0.25) is 14.4 Å². The molecule has 1 aliphatic carbocycles. The Labute approximate surface area is 167 Å². The molecule has 1 atom stereocenters. The van der Waals surface area contributed by atoms with Gasteiger partial charge in [0.05, 0.1) is 31.5 Å². The smallest absolute Gasteiger partial charge is 0.201 e. The monoisotopic (exact) mass is 396 g/mol. The highest BCUT2D eigenvalue weighted by Gasteiger charge is 2.35. The number of aliphatic hydroxyl groups excluding tert-OH is 1. The second-order valence-corrected chi connectivity index (χ2v) is 6.70. The van der Waals surface area contributed by atoms with Crippen LogP contribution in [0.15, 0.2) is 29.8 Å². The Kier molecular flexibility index (Phi) is 5.26. The molecule has 0 heterocycles. The molecule has 2 N–H and O–H groups in total. The second-order valence-electron chi connectivity index (χ2n) is 6.70. The number of phenolic OH excluding ortho intramolecular Hbond substituents is 1. The number of methoxy groups -OCH3 is 2. The molecule has 2 aromatic carbocycles. The highest BCUT2D eigenvalue weighted by Crippen LogP contribution is 2.40. The third kappa shape index (κ3) is 3.40. The topological polar surface area (TPSA) is 110 Å². The Balaban J connectivity index is 2.27. The summed E-state index contributed by atoms with van der Waals surface area (Å²) in [6.45, 7) is 2.79. The molecule has 29 heavy (non-hydrogen) atoms. The van der Waals surface area contributed by atoms with Crippen LogP contribution in [0.4, 0.5) is 0 Å². The zero-order chi connectivity index (χ0) is 21.5. The van der Waals surface area contributed by atoms with E-state index in [1.54, 1.807) is 0 Å². The molecule has 1 aliphatic rings. The number of hydrogen-bond acceptors (Lipinski definition) is 7. The van der Waals surface area contributed by atoms with Crippen molar-refractivity contribution in [2.24, 2.45) is 0 Å². The van der Waals surface area contributed by atoms with E-state index < -0.39 is 17.7 Å². The van der Waals surface area contributed by atoms with E-state index >= 15 is 0 Å². The van der Waals surface area contributed by atoms with Gasteiger partial charge in [-0.2, -0.15) is 0 Å². The summed E-state index contributed by atoms with van der Waals surface area (Å²) in [6.07, 6.45) is 0.445. The van der Waals surface area contributed by atoms with E-state index in [1.807, 2.05) is 0 Å². The highest BCUT2D eigenvalue weighted by atomic mass is 16.5. The summed E-state index contributed by atoms with van der Waals surface area (Å²) >= 11 is 0. The van der Waals surface area contributed by atoms with Crippen LogP contribution in [0.1, 0.15) is 51.3 Å². The van der Waals surface area contributed by atoms with E-state index in [1.165, 1.54) is 58.4 Å². The molecule has 0 aromatic heterocycles. The maximum Gasteiger partial charge on any atom is 0.201 e. The summed E-state index contributed by atoms with van der Waals surface area (Å²) in [6, 6.07) is 5.62. The number of carbonyl (C=O) groups is 3. The molecule has 0 aliphatic heterocycles. The number of aliphatic hydroxyl groups is 1. The lowest BCUT2D eigenvalue weighted by molar-refractivity contribution is -0.114. The van der Waals surface area contributed by atoms with Gasteiger partial charge in [0.1, 0.15) is 17.2 Å². The Hall–Kier alpha value is -3.45. The zero-order valence-corrected chi connectivity index (χ0v) is 16.4. The van der Waals surface area contributed by atoms with Crippen LogP contribution in [-0.4, -0.2) is 47.9 Å².